The van der Waals surface area contributed by atoms with E-state index in [9.17, 15) is 9.59 Å². The second-order valence-electron chi connectivity index (χ2n) is 5.29. The lowest BCUT2D eigenvalue weighted by Gasteiger charge is -2.11. The number of methoxy groups -OCH3 is 1. The van der Waals surface area contributed by atoms with Crippen LogP contribution >= 0.6 is 11.8 Å². The number of ether oxygens (including phenoxy) is 1. The van der Waals surface area contributed by atoms with Crippen molar-refractivity contribution >= 4 is 29.3 Å². The van der Waals surface area contributed by atoms with Crippen LogP contribution in [0.4, 0.5) is 5.69 Å². The van der Waals surface area contributed by atoms with E-state index >= 15 is 0 Å². The van der Waals surface area contributed by atoms with Crippen LogP contribution in [0.25, 0.3) is 0 Å². The molecule has 1 saturated carbocycles. The van der Waals surface area contributed by atoms with E-state index in [1.807, 2.05) is 13.0 Å². The molecule has 0 bridgehead atoms. The van der Waals surface area contributed by atoms with Crippen molar-refractivity contribution in [1.29, 1.82) is 0 Å². The highest BCUT2D eigenvalue weighted by Crippen LogP contribution is 2.29. The molecule has 1 aliphatic rings. The van der Waals surface area contributed by atoms with E-state index in [4.69, 9.17) is 4.74 Å². The molecule has 21 heavy (non-hydrogen) atoms. The maximum absolute atomic E-state index is 12.0. The summed E-state index contributed by atoms with van der Waals surface area (Å²) >= 11 is 1.73. The predicted molar refractivity (Wildman–Crippen MR) is 85.9 cm³/mol. The third kappa shape index (κ3) is 4.49. The summed E-state index contributed by atoms with van der Waals surface area (Å²) in [7, 11) is 1.35. The predicted octanol–water partition coefficient (Wildman–Crippen LogP) is 3.40. The van der Waals surface area contributed by atoms with Crippen molar-refractivity contribution in [3.63, 3.8) is 0 Å². The number of rotatable bonds is 5. The van der Waals surface area contributed by atoms with Crippen molar-refractivity contribution < 1.29 is 14.3 Å². The van der Waals surface area contributed by atoms with Crippen LogP contribution in [0, 0.1) is 6.92 Å². The van der Waals surface area contributed by atoms with Gasteiger partial charge in [0.05, 0.1) is 18.4 Å². The maximum Gasteiger partial charge on any atom is 0.337 e. The molecule has 1 aliphatic carbocycles. The Labute approximate surface area is 129 Å². The number of anilines is 1. The highest BCUT2D eigenvalue weighted by molar-refractivity contribution is 8.00. The van der Waals surface area contributed by atoms with Gasteiger partial charge >= 0.3 is 5.97 Å². The minimum Gasteiger partial charge on any atom is -0.465 e. The SMILES string of the molecule is COC(=O)c1ccc(C)c(NC(=O)CSC2CCCC2)c1. The number of carbonyl (C=O) groups excluding carboxylic acids is 2. The van der Waals surface area contributed by atoms with Crippen molar-refractivity contribution in [1.82, 2.24) is 0 Å². The fourth-order valence-corrected chi connectivity index (χ4v) is 3.56. The summed E-state index contributed by atoms with van der Waals surface area (Å²) in [6.45, 7) is 1.90. The van der Waals surface area contributed by atoms with Gasteiger partial charge in [-0.3, -0.25) is 4.79 Å². The van der Waals surface area contributed by atoms with E-state index < -0.39 is 5.97 Å². The van der Waals surface area contributed by atoms with Gasteiger partial charge in [-0.05, 0) is 37.5 Å². The van der Waals surface area contributed by atoms with E-state index in [0.29, 0.717) is 22.3 Å². The number of hydrogen-bond acceptors (Lipinski definition) is 4. The highest BCUT2D eigenvalue weighted by atomic mass is 32.2. The van der Waals surface area contributed by atoms with Crippen LogP contribution in [-0.4, -0.2) is 30.0 Å². The van der Waals surface area contributed by atoms with Gasteiger partial charge in [-0.1, -0.05) is 18.9 Å². The molecule has 0 aromatic heterocycles. The third-order valence-electron chi connectivity index (χ3n) is 3.69. The van der Waals surface area contributed by atoms with Gasteiger partial charge in [0, 0.05) is 10.9 Å². The van der Waals surface area contributed by atoms with Crippen LogP contribution < -0.4 is 5.32 Å². The van der Waals surface area contributed by atoms with Gasteiger partial charge < -0.3 is 10.1 Å². The summed E-state index contributed by atoms with van der Waals surface area (Å²) in [6, 6.07) is 5.18. The number of aryl methyl sites for hydroxylation is 1. The number of hydrogen-bond donors (Lipinski definition) is 1. The first-order valence-corrected chi connectivity index (χ1v) is 8.25. The molecule has 1 aromatic carbocycles. The topological polar surface area (TPSA) is 55.4 Å². The molecule has 1 fully saturated rings. The molecular weight excluding hydrogens is 286 g/mol. The summed E-state index contributed by atoms with van der Waals surface area (Å²) in [4.78, 5) is 23.5. The van der Waals surface area contributed by atoms with Gasteiger partial charge in [-0.25, -0.2) is 4.79 Å². The lowest BCUT2D eigenvalue weighted by molar-refractivity contribution is -0.113. The highest BCUT2D eigenvalue weighted by Gasteiger charge is 2.17. The minimum atomic E-state index is -0.397. The zero-order valence-electron chi connectivity index (χ0n) is 12.5. The quantitative estimate of drug-likeness (QED) is 0.847. The van der Waals surface area contributed by atoms with Gasteiger partial charge in [-0.15, -0.1) is 11.8 Å². The van der Waals surface area contributed by atoms with Gasteiger partial charge in [-0.2, -0.15) is 0 Å². The Kier molecular flexibility index (Phi) is 5.67. The molecule has 0 spiro atoms. The van der Waals surface area contributed by atoms with Crippen molar-refractivity contribution in [2.24, 2.45) is 0 Å². The van der Waals surface area contributed by atoms with Crippen molar-refractivity contribution in [2.45, 2.75) is 37.9 Å². The number of carbonyl (C=O) groups is 2. The molecule has 114 valence electrons. The first-order chi connectivity index (χ1) is 10.1. The van der Waals surface area contributed by atoms with E-state index in [-0.39, 0.29) is 5.91 Å². The van der Waals surface area contributed by atoms with Gasteiger partial charge in [0.15, 0.2) is 0 Å². The van der Waals surface area contributed by atoms with Crippen LogP contribution in [0.1, 0.15) is 41.6 Å². The van der Waals surface area contributed by atoms with Crippen LogP contribution in [0.5, 0.6) is 0 Å². The van der Waals surface area contributed by atoms with Crippen LogP contribution in [-0.2, 0) is 9.53 Å². The summed E-state index contributed by atoms with van der Waals surface area (Å²) in [5.41, 5.74) is 2.05. The van der Waals surface area contributed by atoms with E-state index in [1.54, 1.807) is 23.9 Å². The molecule has 1 amide bonds. The molecule has 0 heterocycles. The van der Waals surface area contributed by atoms with Gasteiger partial charge in [0.2, 0.25) is 5.91 Å². The summed E-state index contributed by atoms with van der Waals surface area (Å²) in [6.07, 6.45) is 4.99. The smallest absolute Gasteiger partial charge is 0.337 e. The monoisotopic (exact) mass is 307 g/mol. The van der Waals surface area contributed by atoms with Gasteiger partial charge in [0.1, 0.15) is 0 Å². The lowest BCUT2D eigenvalue weighted by atomic mass is 10.1. The Bertz CT molecular complexity index is 524. The number of benzene rings is 1. The average molecular weight is 307 g/mol. The van der Waals surface area contributed by atoms with Crippen molar-refractivity contribution in [3.8, 4) is 0 Å². The number of nitrogens with one attached hydrogen (secondary N) is 1. The summed E-state index contributed by atoms with van der Waals surface area (Å²) < 4.78 is 4.70. The fraction of sp³-hybridized carbons (Fsp3) is 0.500. The normalized spacial score (nSPS) is 15.0. The first-order valence-electron chi connectivity index (χ1n) is 7.20. The molecule has 0 radical (unpaired) electrons. The Morgan fingerprint density at radius 1 is 1.33 bits per heavy atom. The zero-order chi connectivity index (χ0) is 15.2. The molecule has 1 N–H and O–H groups in total. The molecule has 0 saturated heterocycles. The molecule has 0 atom stereocenters. The second-order valence-corrected chi connectivity index (χ2v) is 6.58. The maximum atomic E-state index is 12.0. The Morgan fingerprint density at radius 2 is 2.05 bits per heavy atom. The number of esters is 1. The molecule has 2 rings (SSSR count). The van der Waals surface area contributed by atoms with Gasteiger partial charge in [0.25, 0.3) is 0 Å². The largest absolute Gasteiger partial charge is 0.465 e. The van der Waals surface area contributed by atoms with Crippen molar-refractivity contribution in [2.75, 3.05) is 18.2 Å². The second kappa shape index (κ2) is 7.50. The molecule has 4 nitrogen and oxygen atoms in total. The Morgan fingerprint density at radius 3 is 2.71 bits per heavy atom. The molecule has 1 aromatic rings. The molecule has 5 heteroatoms. The third-order valence-corrected chi connectivity index (χ3v) is 5.06. The molecule has 0 aliphatic heterocycles. The van der Waals surface area contributed by atoms with Crippen LogP contribution in [0.15, 0.2) is 18.2 Å². The summed E-state index contributed by atoms with van der Waals surface area (Å²) in [5, 5.41) is 3.51. The summed E-state index contributed by atoms with van der Waals surface area (Å²) in [5.74, 6) is 0.0508. The fourth-order valence-electron chi connectivity index (χ4n) is 2.44. The lowest BCUT2D eigenvalue weighted by Crippen LogP contribution is -2.17. The molecular formula is C16H21NO3S. The van der Waals surface area contributed by atoms with E-state index in [1.165, 1.54) is 32.8 Å². The van der Waals surface area contributed by atoms with Crippen molar-refractivity contribution in [3.05, 3.63) is 29.3 Å². The van der Waals surface area contributed by atoms with Crippen LogP contribution in [0.3, 0.4) is 0 Å². The number of thioether (sulfide) groups is 1. The zero-order valence-corrected chi connectivity index (χ0v) is 13.3. The average Bonchev–Trinajstić information content (AvgIpc) is 3.00. The first kappa shape index (κ1) is 15.9. The van der Waals surface area contributed by atoms with Crippen LogP contribution in [0.2, 0.25) is 0 Å². The Balaban J connectivity index is 1.94. The van der Waals surface area contributed by atoms with E-state index in [2.05, 4.69) is 5.32 Å². The molecule has 0 unspecified atom stereocenters. The standard InChI is InChI=1S/C16H21NO3S/c1-11-7-8-12(16(19)20-2)9-14(11)17-15(18)10-21-13-5-3-4-6-13/h7-9,13H,3-6,10H2,1-2H3,(H,17,18). The Hall–Kier alpha value is -1.49. The number of amides is 1. The minimum absolute atomic E-state index is 0.0167. The van der Waals surface area contributed by atoms with E-state index in [0.717, 1.165) is 5.56 Å².